The average molecular weight is 332 g/mol. The summed E-state index contributed by atoms with van der Waals surface area (Å²) in [7, 11) is 0. The summed E-state index contributed by atoms with van der Waals surface area (Å²) >= 11 is 0. The fourth-order valence-electron chi connectivity index (χ4n) is 3.50. The lowest BCUT2D eigenvalue weighted by Gasteiger charge is -2.13. The van der Waals surface area contributed by atoms with Crippen LogP contribution in [0.15, 0.2) is 48.0 Å². The highest BCUT2D eigenvalue weighted by molar-refractivity contribution is 5.90. The number of anilines is 1. The van der Waals surface area contributed by atoms with Crippen molar-refractivity contribution in [3.63, 3.8) is 0 Å². The number of nitrogens with one attached hydrogen (secondary N) is 2. The van der Waals surface area contributed by atoms with E-state index in [1.54, 1.807) is 5.57 Å². The predicted molar refractivity (Wildman–Crippen MR) is 104 cm³/mol. The van der Waals surface area contributed by atoms with E-state index in [1.807, 2.05) is 13.0 Å². The van der Waals surface area contributed by atoms with E-state index in [-0.39, 0.29) is 0 Å². The van der Waals surface area contributed by atoms with Crippen molar-refractivity contribution in [3.05, 3.63) is 53.9 Å². The lowest BCUT2D eigenvalue weighted by molar-refractivity contribution is 0.679. The molecule has 3 aromatic rings. The lowest BCUT2D eigenvalue weighted by Crippen LogP contribution is -2.07. The van der Waals surface area contributed by atoms with Crippen molar-refractivity contribution >= 4 is 16.9 Å². The zero-order valence-corrected chi connectivity index (χ0v) is 14.7. The number of rotatable bonds is 5. The van der Waals surface area contributed by atoms with Gasteiger partial charge in [0, 0.05) is 12.2 Å². The number of aromatic nitrogens is 3. The monoisotopic (exact) mass is 332 g/mol. The Kier molecular flexibility index (Phi) is 4.51. The van der Waals surface area contributed by atoms with Gasteiger partial charge in [0.05, 0.1) is 5.52 Å². The van der Waals surface area contributed by atoms with Gasteiger partial charge in [-0.15, -0.1) is 0 Å². The molecule has 0 fully saturated rings. The van der Waals surface area contributed by atoms with Crippen molar-refractivity contribution in [3.8, 4) is 11.3 Å². The van der Waals surface area contributed by atoms with Gasteiger partial charge in [-0.25, -0.2) is 9.97 Å². The minimum Gasteiger partial charge on any atom is -0.368 e. The summed E-state index contributed by atoms with van der Waals surface area (Å²) in [5, 5.41) is 3.52. The third kappa shape index (κ3) is 3.58. The molecule has 0 radical (unpaired) electrons. The summed E-state index contributed by atoms with van der Waals surface area (Å²) < 4.78 is 0. The zero-order valence-electron chi connectivity index (χ0n) is 14.7. The Morgan fingerprint density at radius 2 is 2.00 bits per heavy atom. The molecule has 0 saturated heterocycles. The Morgan fingerprint density at radius 3 is 2.80 bits per heavy atom. The number of aromatic amines is 1. The first kappa shape index (κ1) is 15.9. The molecule has 0 amide bonds. The van der Waals surface area contributed by atoms with Crippen LogP contribution in [0.25, 0.3) is 22.3 Å². The number of benzene rings is 1. The highest BCUT2D eigenvalue weighted by atomic mass is 15.1. The first-order chi connectivity index (χ1) is 12.3. The van der Waals surface area contributed by atoms with Crippen LogP contribution < -0.4 is 5.32 Å². The molecule has 1 aliphatic carbocycles. The molecule has 4 nitrogen and oxygen atoms in total. The third-order valence-electron chi connectivity index (χ3n) is 4.80. The largest absolute Gasteiger partial charge is 0.368 e. The van der Waals surface area contributed by atoms with Crippen LogP contribution in [0.4, 0.5) is 5.82 Å². The molecule has 25 heavy (non-hydrogen) atoms. The maximum Gasteiger partial charge on any atom is 0.154 e. The van der Waals surface area contributed by atoms with Gasteiger partial charge in [0.1, 0.15) is 11.3 Å². The minimum absolute atomic E-state index is 0.797. The summed E-state index contributed by atoms with van der Waals surface area (Å²) in [6.45, 7) is 2.86. The quantitative estimate of drug-likeness (QED) is 0.629. The molecule has 4 heteroatoms. The van der Waals surface area contributed by atoms with Crippen molar-refractivity contribution < 1.29 is 0 Å². The predicted octanol–water partition coefficient (Wildman–Crippen LogP) is 5.24. The molecule has 0 spiro atoms. The molecule has 1 aliphatic rings. The van der Waals surface area contributed by atoms with E-state index < -0.39 is 0 Å². The Hall–Kier alpha value is -2.62. The normalized spacial score (nSPS) is 14.5. The zero-order chi connectivity index (χ0) is 17.1. The molecular formula is C21H24N4. The smallest absolute Gasteiger partial charge is 0.154 e. The molecule has 2 heterocycles. The van der Waals surface area contributed by atoms with Crippen LogP contribution >= 0.6 is 0 Å². The number of aryl methyl sites for hydroxylation is 1. The van der Waals surface area contributed by atoms with Gasteiger partial charge in [0.25, 0.3) is 0 Å². The van der Waals surface area contributed by atoms with Gasteiger partial charge in [0.15, 0.2) is 5.82 Å². The van der Waals surface area contributed by atoms with E-state index in [9.17, 15) is 0 Å². The van der Waals surface area contributed by atoms with E-state index in [0.29, 0.717) is 0 Å². The molecule has 0 bridgehead atoms. The van der Waals surface area contributed by atoms with Crippen molar-refractivity contribution in [2.24, 2.45) is 0 Å². The molecule has 0 unspecified atom stereocenters. The highest BCUT2D eigenvalue weighted by Crippen LogP contribution is 2.27. The van der Waals surface area contributed by atoms with Gasteiger partial charge in [-0.2, -0.15) is 0 Å². The summed E-state index contributed by atoms with van der Waals surface area (Å²) in [4.78, 5) is 12.7. The summed E-state index contributed by atoms with van der Waals surface area (Å²) in [5.41, 5.74) is 5.77. The van der Waals surface area contributed by atoms with Crippen LogP contribution in [0, 0.1) is 6.92 Å². The van der Waals surface area contributed by atoms with Crippen molar-refractivity contribution in [2.45, 2.75) is 39.0 Å². The van der Waals surface area contributed by atoms with Crippen LogP contribution in [0.2, 0.25) is 0 Å². The highest BCUT2D eigenvalue weighted by Gasteiger charge is 2.11. The molecule has 0 aliphatic heterocycles. The number of nitrogens with zero attached hydrogens (tertiary/aromatic N) is 2. The molecule has 1 aromatic carbocycles. The van der Waals surface area contributed by atoms with Gasteiger partial charge < -0.3 is 10.3 Å². The van der Waals surface area contributed by atoms with Gasteiger partial charge in [-0.1, -0.05) is 42.0 Å². The van der Waals surface area contributed by atoms with E-state index in [1.165, 1.54) is 25.7 Å². The van der Waals surface area contributed by atoms with E-state index in [0.717, 1.165) is 46.9 Å². The second-order valence-electron chi connectivity index (χ2n) is 6.71. The Morgan fingerprint density at radius 1 is 1.12 bits per heavy atom. The first-order valence-corrected chi connectivity index (χ1v) is 9.14. The van der Waals surface area contributed by atoms with Crippen molar-refractivity contribution in [1.82, 2.24) is 15.0 Å². The number of hydrogen-bond acceptors (Lipinski definition) is 3. The average Bonchev–Trinajstić information content (AvgIpc) is 3.07. The number of allylic oxidation sites excluding steroid dienone is 1. The first-order valence-electron chi connectivity index (χ1n) is 9.14. The van der Waals surface area contributed by atoms with Crippen LogP contribution in [0.1, 0.15) is 37.9 Å². The second kappa shape index (κ2) is 7.09. The summed E-state index contributed by atoms with van der Waals surface area (Å²) in [6.07, 6.45) is 8.67. The van der Waals surface area contributed by atoms with E-state index in [2.05, 4.69) is 56.7 Å². The van der Waals surface area contributed by atoms with E-state index in [4.69, 9.17) is 0 Å². The van der Waals surface area contributed by atoms with Crippen molar-refractivity contribution in [1.29, 1.82) is 0 Å². The van der Waals surface area contributed by atoms with Gasteiger partial charge in [0.2, 0.25) is 0 Å². The molecule has 2 aromatic heterocycles. The Balaban J connectivity index is 1.57. The SMILES string of the molecule is Cc1nc(NCCC2=CCCCC2)c2[nH]c(-c3ccccc3)cc2n1. The second-order valence-corrected chi connectivity index (χ2v) is 6.71. The lowest BCUT2D eigenvalue weighted by atomic mass is 9.97. The van der Waals surface area contributed by atoms with Gasteiger partial charge in [-0.3, -0.25) is 0 Å². The molecule has 4 rings (SSSR count). The van der Waals surface area contributed by atoms with Gasteiger partial charge >= 0.3 is 0 Å². The van der Waals surface area contributed by atoms with E-state index >= 15 is 0 Å². The molecule has 2 N–H and O–H groups in total. The fourth-order valence-corrected chi connectivity index (χ4v) is 3.50. The minimum atomic E-state index is 0.797. The molecule has 128 valence electrons. The fraction of sp³-hybridized carbons (Fsp3) is 0.333. The van der Waals surface area contributed by atoms with Crippen molar-refractivity contribution in [2.75, 3.05) is 11.9 Å². The molecule has 0 saturated carbocycles. The van der Waals surface area contributed by atoms with Gasteiger partial charge in [-0.05, 0) is 50.7 Å². The summed E-state index contributed by atoms with van der Waals surface area (Å²) in [5.74, 6) is 1.70. The maximum absolute atomic E-state index is 4.62. The van der Waals surface area contributed by atoms with Crippen LogP contribution in [0.3, 0.4) is 0 Å². The Labute approximate surface area is 148 Å². The number of hydrogen-bond donors (Lipinski definition) is 2. The molecular weight excluding hydrogens is 308 g/mol. The topological polar surface area (TPSA) is 53.6 Å². The Bertz CT molecular complexity index is 893. The number of H-pyrrole nitrogens is 1. The maximum atomic E-state index is 4.62. The van der Waals surface area contributed by atoms with Crippen LogP contribution in [-0.4, -0.2) is 21.5 Å². The van der Waals surface area contributed by atoms with Crippen LogP contribution in [0.5, 0.6) is 0 Å². The molecule has 0 atom stereocenters. The number of fused-ring (bicyclic) bond motifs is 1. The third-order valence-corrected chi connectivity index (χ3v) is 4.80. The van der Waals surface area contributed by atoms with Crippen LogP contribution in [-0.2, 0) is 0 Å². The summed E-state index contributed by atoms with van der Waals surface area (Å²) in [6, 6.07) is 12.4. The standard InChI is InChI=1S/C21H24N4/c1-15-23-19-14-18(17-10-6-3-7-11-17)25-20(19)21(24-15)22-13-12-16-8-4-2-5-9-16/h3,6-8,10-11,14,25H,2,4-5,9,12-13H2,1H3,(H,22,23,24).